The van der Waals surface area contributed by atoms with Crippen LogP contribution in [0.15, 0.2) is 22.5 Å². The largest absolute Gasteiger partial charge is 0.302 e. The van der Waals surface area contributed by atoms with Gasteiger partial charge < -0.3 is 4.79 Å². The highest BCUT2D eigenvalue weighted by atomic mass is 79.9. The maximum atomic E-state index is 12.9. The molecule has 0 amide bonds. The van der Waals surface area contributed by atoms with Crippen LogP contribution in [0.2, 0.25) is 0 Å². The van der Waals surface area contributed by atoms with Crippen LogP contribution >= 0.6 is 15.9 Å². The molecule has 1 aliphatic rings. The molecule has 0 spiro atoms. The van der Waals surface area contributed by atoms with E-state index in [0.717, 1.165) is 12.2 Å². The van der Waals surface area contributed by atoms with Gasteiger partial charge in [0.2, 0.25) is 0 Å². The van der Waals surface area contributed by atoms with Crippen LogP contribution in [-0.2, 0) is 4.79 Å². The van der Waals surface area contributed by atoms with E-state index in [1.807, 2.05) is 0 Å². The smallest absolute Gasteiger partial charge is 0.135 e. The summed E-state index contributed by atoms with van der Waals surface area (Å²) in [6, 6.07) is 0. The van der Waals surface area contributed by atoms with Crippen molar-refractivity contribution in [2.24, 2.45) is 5.89 Å². The first-order valence-corrected chi connectivity index (χ1v) is 3.65. The molecule has 1 aliphatic carbocycles. The Kier molecular flexibility index (Phi) is 2.12. The first-order chi connectivity index (χ1) is 5.50. The number of hydrogen-bond donors (Lipinski definition) is 0. The highest BCUT2D eigenvalue weighted by molar-refractivity contribution is 9.11. The van der Waals surface area contributed by atoms with Gasteiger partial charge in [-0.2, -0.15) is 0 Å². The number of alkyl halides is 1. The zero-order valence-corrected chi connectivity index (χ0v) is 6.94. The van der Waals surface area contributed by atoms with Crippen molar-refractivity contribution in [3.05, 3.63) is 22.5 Å². The van der Waals surface area contributed by atoms with E-state index in [1.54, 1.807) is 0 Å². The molecular weight excluding hydrogens is 218 g/mol. The van der Waals surface area contributed by atoms with E-state index in [9.17, 15) is 13.6 Å². The maximum absolute atomic E-state index is 12.9. The van der Waals surface area contributed by atoms with E-state index < -0.39 is 17.9 Å². The summed E-state index contributed by atoms with van der Waals surface area (Å²) in [5.41, 5.74) is 0. The number of rotatable bonds is 1. The Bertz CT molecular complexity index is 277. The van der Waals surface area contributed by atoms with Gasteiger partial charge in [-0.05, 0) is 12.2 Å². The van der Waals surface area contributed by atoms with Crippen LogP contribution in [0.5, 0.6) is 0 Å². The molecule has 0 aromatic carbocycles. The number of carbonyl (C=O) groups is 1. The van der Waals surface area contributed by atoms with Gasteiger partial charge >= 0.3 is 0 Å². The Morgan fingerprint density at radius 2 is 2.45 bits per heavy atom. The predicted molar refractivity (Wildman–Crippen MR) is 40.7 cm³/mol. The Morgan fingerprint density at radius 3 is 2.91 bits per heavy atom. The van der Waals surface area contributed by atoms with Crippen molar-refractivity contribution in [3.63, 3.8) is 0 Å². The Hall–Kier alpha value is -0.510. The van der Waals surface area contributed by atoms with Gasteiger partial charge in [0.25, 0.3) is 0 Å². The first kappa shape index (κ1) is 7.16. The number of aldehydes is 1. The molecule has 0 fully saturated rings. The molecule has 0 heterocycles. The van der Waals surface area contributed by atoms with Crippen LogP contribution in [-0.4, -0.2) is 12.5 Å². The van der Waals surface area contributed by atoms with Crippen LogP contribution in [0.3, 0.4) is 0 Å². The van der Waals surface area contributed by atoms with Crippen LogP contribution < -0.4 is 0 Å². The minimum absolute atomic E-state index is 0.0422. The molecule has 1 rings (SSSR count). The van der Waals surface area contributed by atoms with Crippen LogP contribution in [0.25, 0.3) is 0 Å². The van der Waals surface area contributed by atoms with Crippen LogP contribution in [0, 0.1) is 5.89 Å². The molecule has 1 nitrogen and oxygen atoms in total. The highest BCUT2D eigenvalue weighted by Crippen LogP contribution is 2.28. The van der Waals surface area contributed by atoms with Gasteiger partial charge in [-0.15, -0.1) is 0 Å². The molecule has 0 aromatic rings. The monoisotopic (exact) mass is 223 g/mol. The molecule has 60 valence electrons. The molecule has 0 saturated heterocycles. The Labute approximate surface area is 72.3 Å². The summed E-state index contributed by atoms with van der Waals surface area (Å²) in [4.78, 5) is 10.3. The quantitative estimate of drug-likeness (QED) is 0.624. The van der Waals surface area contributed by atoms with E-state index in [2.05, 4.69) is 15.9 Å². The third-order valence-electron chi connectivity index (χ3n) is 1.27. The molecule has 0 aliphatic heterocycles. The van der Waals surface area contributed by atoms with Crippen LogP contribution in [0.4, 0.5) is 8.78 Å². The summed E-state index contributed by atoms with van der Waals surface area (Å²) in [6.07, 6.45) is -0.0872. The van der Waals surface area contributed by atoms with Crippen molar-refractivity contribution < 1.29 is 14.9 Å². The number of allylic oxidation sites excluding steroid dienone is 4. The summed E-state index contributed by atoms with van der Waals surface area (Å²) in [5, 5.41) is 0. The van der Waals surface area contributed by atoms with E-state index in [4.69, 9.17) is 1.37 Å². The molecular formula is C7H5BrF2O. The topological polar surface area (TPSA) is 17.1 Å². The Morgan fingerprint density at radius 1 is 1.82 bits per heavy atom. The van der Waals surface area contributed by atoms with Gasteiger partial charge in [-0.1, -0.05) is 15.9 Å². The molecule has 0 saturated carbocycles. The zero-order valence-electron chi connectivity index (χ0n) is 6.35. The highest BCUT2D eigenvalue weighted by Gasteiger charge is 2.26. The van der Waals surface area contributed by atoms with Crippen molar-refractivity contribution in [2.75, 3.05) is 0 Å². The summed E-state index contributed by atoms with van der Waals surface area (Å²) < 4.78 is 33.1. The molecule has 4 heteroatoms. The molecule has 0 N–H and O–H groups in total. The fourth-order valence-corrected chi connectivity index (χ4v) is 1.17. The SMILES string of the molecule is [2H]C1(C=O)C(F)=CC(Br)=CC1F. The van der Waals surface area contributed by atoms with Crippen molar-refractivity contribution in [2.45, 2.75) is 6.17 Å². The fraction of sp³-hybridized carbons (Fsp3) is 0.286. The van der Waals surface area contributed by atoms with Gasteiger partial charge in [0, 0.05) is 5.85 Å². The summed E-state index contributed by atoms with van der Waals surface area (Å²) in [6.45, 7) is 0. The summed E-state index contributed by atoms with van der Waals surface area (Å²) in [7, 11) is 0. The third-order valence-corrected chi connectivity index (χ3v) is 1.76. The van der Waals surface area contributed by atoms with Gasteiger partial charge in [0.05, 0.1) is 0 Å². The normalized spacial score (nSPS) is 38.8. The summed E-state index contributed by atoms with van der Waals surface area (Å²) in [5.74, 6) is -3.48. The molecule has 11 heavy (non-hydrogen) atoms. The zero-order chi connectivity index (χ0) is 9.35. The number of halogens is 3. The molecule has 2 unspecified atom stereocenters. The van der Waals surface area contributed by atoms with Gasteiger partial charge in [-0.25, -0.2) is 8.78 Å². The van der Waals surface area contributed by atoms with Gasteiger partial charge in [0.15, 0.2) is 0 Å². The van der Waals surface area contributed by atoms with Crippen molar-refractivity contribution in [1.82, 2.24) is 0 Å². The molecule has 2 atom stereocenters. The lowest BCUT2D eigenvalue weighted by Crippen LogP contribution is -2.18. The lowest BCUT2D eigenvalue weighted by atomic mass is 9.99. The molecule has 0 aromatic heterocycles. The second-order valence-electron chi connectivity index (χ2n) is 2.02. The van der Waals surface area contributed by atoms with Gasteiger partial charge in [-0.3, -0.25) is 0 Å². The average Bonchev–Trinajstić information content (AvgIpc) is 2.00. The molecule has 0 bridgehead atoms. The predicted octanol–water partition coefficient (Wildman–Crippen LogP) is 2.29. The van der Waals surface area contributed by atoms with Crippen molar-refractivity contribution in [1.29, 1.82) is 0 Å². The van der Waals surface area contributed by atoms with E-state index in [1.165, 1.54) is 0 Å². The van der Waals surface area contributed by atoms with Crippen LogP contribution in [0.1, 0.15) is 1.37 Å². The van der Waals surface area contributed by atoms with E-state index >= 15 is 0 Å². The minimum Gasteiger partial charge on any atom is -0.302 e. The van der Waals surface area contributed by atoms with Gasteiger partial charge in [0.1, 0.15) is 24.2 Å². The average molecular weight is 224 g/mol. The third kappa shape index (κ3) is 1.74. The lowest BCUT2D eigenvalue weighted by Gasteiger charge is -2.14. The number of carbonyl (C=O) groups excluding carboxylic acids is 1. The van der Waals surface area contributed by atoms with E-state index in [-0.39, 0.29) is 10.8 Å². The van der Waals surface area contributed by atoms with Crippen molar-refractivity contribution in [3.8, 4) is 0 Å². The Balaban J connectivity index is 3.10. The second kappa shape index (κ2) is 3.26. The maximum Gasteiger partial charge on any atom is 0.135 e. The molecule has 0 radical (unpaired) electrons. The summed E-state index contributed by atoms with van der Waals surface area (Å²) >= 11 is 2.86. The minimum atomic E-state index is -2.39. The fourth-order valence-electron chi connectivity index (χ4n) is 0.735. The second-order valence-corrected chi connectivity index (χ2v) is 2.93. The standard InChI is InChI=1S/C7H5BrF2O/c8-4-1-6(9)5(3-11)7(10)2-4/h1-3,5-6H/i5D. The number of hydrogen-bond acceptors (Lipinski definition) is 1. The van der Waals surface area contributed by atoms with Crippen molar-refractivity contribution >= 4 is 22.2 Å². The van der Waals surface area contributed by atoms with E-state index in [0.29, 0.717) is 0 Å². The lowest BCUT2D eigenvalue weighted by molar-refractivity contribution is -0.111. The first-order valence-electron chi connectivity index (χ1n) is 3.36.